The standard InChI is InChI=1S/C17H12Cl2O/c18-11-12-5-8-17(16(19)9-12)20-15-7-6-13-3-1-2-4-14(13)10-15/h1-10H,11H2. The molecule has 3 aromatic carbocycles. The van der Waals surface area contributed by atoms with Gasteiger partial charge in [-0.15, -0.1) is 11.6 Å². The monoisotopic (exact) mass is 302 g/mol. The van der Waals surface area contributed by atoms with Gasteiger partial charge in [-0.1, -0.05) is 48.0 Å². The Hall–Kier alpha value is -1.70. The van der Waals surface area contributed by atoms with E-state index in [0.717, 1.165) is 16.7 Å². The molecule has 0 unspecified atom stereocenters. The van der Waals surface area contributed by atoms with E-state index in [4.69, 9.17) is 27.9 Å². The van der Waals surface area contributed by atoms with Crippen molar-refractivity contribution < 1.29 is 4.74 Å². The van der Waals surface area contributed by atoms with E-state index in [1.807, 2.05) is 48.5 Å². The Morgan fingerprint density at radius 1 is 0.850 bits per heavy atom. The van der Waals surface area contributed by atoms with Crippen LogP contribution in [0, 0.1) is 0 Å². The molecule has 0 amide bonds. The lowest BCUT2D eigenvalue weighted by molar-refractivity contribution is 0.483. The molecular formula is C17H12Cl2O. The van der Waals surface area contributed by atoms with Gasteiger partial charge in [-0.25, -0.2) is 0 Å². The molecule has 0 aliphatic heterocycles. The summed E-state index contributed by atoms with van der Waals surface area (Å²) < 4.78 is 5.84. The first-order chi connectivity index (χ1) is 9.76. The van der Waals surface area contributed by atoms with Gasteiger partial charge in [0.15, 0.2) is 0 Å². The lowest BCUT2D eigenvalue weighted by atomic mass is 10.1. The number of fused-ring (bicyclic) bond motifs is 1. The SMILES string of the molecule is ClCc1ccc(Oc2ccc3ccccc3c2)c(Cl)c1. The molecule has 3 aromatic rings. The Morgan fingerprint density at radius 2 is 1.65 bits per heavy atom. The van der Waals surface area contributed by atoms with Crippen molar-refractivity contribution in [3.05, 3.63) is 71.2 Å². The van der Waals surface area contributed by atoms with Crippen LogP contribution in [0.4, 0.5) is 0 Å². The van der Waals surface area contributed by atoms with E-state index in [1.54, 1.807) is 0 Å². The average molecular weight is 303 g/mol. The van der Waals surface area contributed by atoms with Gasteiger partial charge in [0, 0.05) is 5.88 Å². The van der Waals surface area contributed by atoms with Crippen LogP contribution in [0.1, 0.15) is 5.56 Å². The first-order valence-electron chi connectivity index (χ1n) is 6.27. The molecule has 0 radical (unpaired) electrons. The van der Waals surface area contributed by atoms with Crippen LogP contribution in [0.5, 0.6) is 11.5 Å². The zero-order valence-corrected chi connectivity index (χ0v) is 12.2. The zero-order chi connectivity index (χ0) is 13.9. The number of hydrogen-bond acceptors (Lipinski definition) is 1. The maximum absolute atomic E-state index is 6.19. The van der Waals surface area contributed by atoms with Crippen molar-refractivity contribution in [2.24, 2.45) is 0 Å². The second-order valence-corrected chi connectivity index (χ2v) is 5.18. The fraction of sp³-hybridized carbons (Fsp3) is 0.0588. The van der Waals surface area contributed by atoms with Crippen molar-refractivity contribution in [3.63, 3.8) is 0 Å². The van der Waals surface area contributed by atoms with Crippen LogP contribution in [0.25, 0.3) is 10.8 Å². The molecular weight excluding hydrogens is 291 g/mol. The summed E-state index contributed by atoms with van der Waals surface area (Å²) >= 11 is 12.0. The van der Waals surface area contributed by atoms with Crippen molar-refractivity contribution in [3.8, 4) is 11.5 Å². The van der Waals surface area contributed by atoms with Gasteiger partial charge in [-0.05, 0) is 40.6 Å². The second kappa shape index (κ2) is 5.74. The summed E-state index contributed by atoms with van der Waals surface area (Å²) in [5.74, 6) is 1.84. The smallest absolute Gasteiger partial charge is 0.146 e. The van der Waals surface area contributed by atoms with E-state index >= 15 is 0 Å². The molecule has 0 heterocycles. The van der Waals surface area contributed by atoms with E-state index in [-0.39, 0.29) is 0 Å². The van der Waals surface area contributed by atoms with Crippen molar-refractivity contribution in [1.29, 1.82) is 0 Å². The van der Waals surface area contributed by atoms with E-state index in [9.17, 15) is 0 Å². The molecule has 100 valence electrons. The zero-order valence-electron chi connectivity index (χ0n) is 10.6. The van der Waals surface area contributed by atoms with Crippen LogP contribution in [0.2, 0.25) is 5.02 Å². The normalized spacial score (nSPS) is 10.7. The largest absolute Gasteiger partial charge is 0.456 e. The van der Waals surface area contributed by atoms with Crippen LogP contribution in [-0.4, -0.2) is 0 Å². The van der Waals surface area contributed by atoms with Crippen LogP contribution < -0.4 is 4.74 Å². The molecule has 0 saturated heterocycles. The van der Waals surface area contributed by atoms with E-state index < -0.39 is 0 Å². The Morgan fingerprint density at radius 3 is 2.40 bits per heavy atom. The maximum Gasteiger partial charge on any atom is 0.146 e. The van der Waals surface area contributed by atoms with Crippen molar-refractivity contribution in [1.82, 2.24) is 0 Å². The predicted molar refractivity (Wildman–Crippen MR) is 85.0 cm³/mol. The number of ether oxygens (including phenoxy) is 1. The first-order valence-corrected chi connectivity index (χ1v) is 7.18. The van der Waals surface area contributed by atoms with Gasteiger partial charge >= 0.3 is 0 Å². The Kier molecular flexibility index (Phi) is 3.81. The molecule has 0 atom stereocenters. The predicted octanol–water partition coefficient (Wildman–Crippen LogP) is 6.02. The number of halogens is 2. The van der Waals surface area contributed by atoms with Crippen LogP contribution in [0.15, 0.2) is 60.7 Å². The Labute approximate surface area is 127 Å². The number of hydrogen-bond donors (Lipinski definition) is 0. The summed E-state index contributed by atoms with van der Waals surface area (Å²) in [6, 6.07) is 19.7. The van der Waals surface area contributed by atoms with Crippen LogP contribution in [-0.2, 0) is 5.88 Å². The highest BCUT2D eigenvalue weighted by atomic mass is 35.5. The second-order valence-electron chi connectivity index (χ2n) is 4.51. The molecule has 0 aliphatic carbocycles. The lowest BCUT2D eigenvalue weighted by Crippen LogP contribution is -1.87. The molecule has 3 rings (SSSR count). The highest BCUT2D eigenvalue weighted by Gasteiger charge is 2.05. The molecule has 0 N–H and O–H groups in total. The van der Waals surface area contributed by atoms with Gasteiger partial charge in [0.05, 0.1) is 5.02 Å². The van der Waals surface area contributed by atoms with Crippen LogP contribution in [0.3, 0.4) is 0 Å². The molecule has 0 aromatic heterocycles. The minimum atomic E-state index is 0.440. The van der Waals surface area contributed by atoms with E-state index in [1.165, 1.54) is 5.39 Å². The maximum atomic E-state index is 6.19. The van der Waals surface area contributed by atoms with Gasteiger partial charge in [0.1, 0.15) is 11.5 Å². The minimum Gasteiger partial charge on any atom is -0.456 e. The lowest BCUT2D eigenvalue weighted by Gasteiger charge is -2.09. The van der Waals surface area contributed by atoms with Gasteiger partial charge in [-0.2, -0.15) is 0 Å². The number of alkyl halides is 1. The number of benzene rings is 3. The fourth-order valence-electron chi connectivity index (χ4n) is 2.07. The summed E-state index contributed by atoms with van der Waals surface area (Å²) in [5.41, 5.74) is 0.975. The third kappa shape index (κ3) is 2.74. The van der Waals surface area contributed by atoms with Gasteiger partial charge in [-0.3, -0.25) is 0 Å². The fourth-order valence-corrected chi connectivity index (χ4v) is 2.48. The molecule has 0 aliphatic rings. The minimum absolute atomic E-state index is 0.440. The summed E-state index contributed by atoms with van der Waals surface area (Å²) in [4.78, 5) is 0. The Bertz CT molecular complexity index is 753. The summed E-state index contributed by atoms with van der Waals surface area (Å²) in [6.07, 6.45) is 0. The first kappa shape index (κ1) is 13.3. The number of rotatable bonds is 3. The van der Waals surface area contributed by atoms with E-state index in [0.29, 0.717) is 16.7 Å². The van der Waals surface area contributed by atoms with Crippen LogP contribution >= 0.6 is 23.2 Å². The third-order valence-corrected chi connectivity index (χ3v) is 3.70. The van der Waals surface area contributed by atoms with Gasteiger partial charge in [0.2, 0.25) is 0 Å². The van der Waals surface area contributed by atoms with Gasteiger partial charge in [0.25, 0.3) is 0 Å². The van der Waals surface area contributed by atoms with E-state index in [2.05, 4.69) is 12.1 Å². The highest BCUT2D eigenvalue weighted by Crippen LogP contribution is 2.31. The molecule has 20 heavy (non-hydrogen) atoms. The molecule has 0 bridgehead atoms. The molecule has 0 saturated carbocycles. The molecule has 0 fully saturated rings. The average Bonchev–Trinajstić information content (AvgIpc) is 2.49. The Balaban J connectivity index is 1.92. The third-order valence-electron chi connectivity index (χ3n) is 3.10. The topological polar surface area (TPSA) is 9.23 Å². The molecule has 1 nitrogen and oxygen atoms in total. The summed E-state index contributed by atoms with van der Waals surface area (Å²) in [7, 11) is 0. The highest BCUT2D eigenvalue weighted by molar-refractivity contribution is 6.32. The van der Waals surface area contributed by atoms with Gasteiger partial charge < -0.3 is 4.74 Å². The van der Waals surface area contributed by atoms with Crippen molar-refractivity contribution >= 4 is 34.0 Å². The summed E-state index contributed by atoms with van der Waals surface area (Å²) in [5, 5.41) is 2.89. The van der Waals surface area contributed by atoms with Crippen molar-refractivity contribution in [2.45, 2.75) is 5.88 Å². The molecule has 0 spiro atoms. The molecule has 3 heteroatoms. The van der Waals surface area contributed by atoms with Crippen molar-refractivity contribution in [2.75, 3.05) is 0 Å². The summed E-state index contributed by atoms with van der Waals surface area (Å²) in [6.45, 7) is 0. The quantitative estimate of drug-likeness (QED) is 0.537.